The van der Waals surface area contributed by atoms with Gasteiger partial charge in [-0.2, -0.15) is 11.8 Å². The molecule has 1 fully saturated rings. The Bertz CT molecular complexity index is 495. The van der Waals surface area contributed by atoms with Gasteiger partial charge in [-0.25, -0.2) is 9.78 Å². The molecule has 2 rings (SSSR count). The molecule has 108 valence electrons. The zero-order valence-corrected chi connectivity index (χ0v) is 13.4. The molecule has 5 nitrogen and oxygen atoms in total. The number of thioether (sulfide) groups is 1. The normalized spacial score (nSPS) is 18.7. The van der Waals surface area contributed by atoms with Crippen molar-refractivity contribution in [2.45, 2.75) is 13.0 Å². The van der Waals surface area contributed by atoms with E-state index in [1.165, 1.54) is 0 Å². The van der Waals surface area contributed by atoms with Crippen LogP contribution in [-0.2, 0) is 9.53 Å². The van der Waals surface area contributed by atoms with Gasteiger partial charge in [-0.1, -0.05) is 0 Å². The summed E-state index contributed by atoms with van der Waals surface area (Å²) in [5.74, 6) is 0.820. The summed E-state index contributed by atoms with van der Waals surface area (Å²) in [6, 6.07) is 2.89. The smallest absolute Gasteiger partial charge is 0.329 e. The van der Waals surface area contributed by atoms with Crippen molar-refractivity contribution in [3.05, 3.63) is 28.5 Å². The molecule has 1 atom stereocenters. The third-order valence-electron chi connectivity index (χ3n) is 2.89. The highest BCUT2D eigenvalue weighted by Crippen LogP contribution is 2.20. The first-order chi connectivity index (χ1) is 9.63. The fraction of sp³-hybridized carbons (Fsp3) is 0.462. The number of ether oxygens (including phenoxy) is 1. The maximum absolute atomic E-state index is 12.5. The van der Waals surface area contributed by atoms with Crippen molar-refractivity contribution in [3.63, 3.8) is 0 Å². The number of aromatic nitrogens is 1. The van der Waals surface area contributed by atoms with Gasteiger partial charge in [0.15, 0.2) is 0 Å². The minimum atomic E-state index is -0.522. The highest BCUT2D eigenvalue weighted by Gasteiger charge is 2.34. The van der Waals surface area contributed by atoms with Crippen LogP contribution in [0.15, 0.2) is 22.8 Å². The van der Waals surface area contributed by atoms with E-state index < -0.39 is 6.04 Å². The molecular weight excluding hydrogens is 344 g/mol. The fourth-order valence-corrected chi connectivity index (χ4v) is 3.20. The first kappa shape index (κ1) is 15.3. The number of carbonyl (C=O) groups excluding carboxylic acids is 2. The van der Waals surface area contributed by atoms with Gasteiger partial charge in [-0.05, 0) is 35.0 Å². The van der Waals surface area contributed by atoms with Crippen LogP contribution < -0.4 is 0 Å². The largest absolute Gasteiger partial charge is 0.464 e. The second-order valence-corrected chi connectivity index (χ2v) is 6.27. The van der Waals surface area contributed by atoms with E-state index in [0.717, 1.165) is 10.2 Å². The monoisotopic (exact) mass is 358 g/mol. The summed E-state index contributed by atoms with van der Waals surface area (Å²) in [6.45, 7) is 2.61. The van der Waals surface area contributed by atoms with Gasteiger partial charge < -0.3 is 9.64 Å². The molecule has 0 aromatic carbocycles. The molecule has 1 unspecified atom stereocenters. The number of halogens is 1. The predicted molar refractivity (Wildman–Crippen MR) is 80.7 cm³/mol. The summed E-state index contributed by atoms with van der Waals surface area (Å²) in [4.78, 5) is 30.1. The molecule has 7 heteroatoms. The highest BCUT2D eigenvalue weighted by atomic mass is 79.9. The molecule has 1 aliphatic heterocycles. The van der Waals surface area contributed by atoms with Crippen molar-refractivity contribution in [3.8, 4) is 0 Å². The number of amides is 1. The van der Waals surface area contributed by atoms with Crippen LogP contribution in [0.5, 0.6) is 0 Å². The van der Waals surface area contributed by atoms with Gasteiger partial charge >= 0.3 is 5.97 Å². The van der Waals surface area contributed by atoms with Crippen molar-refractivity contribution in [1.29, 1.82) is 0 Å². The zero-order valence-electron chi connectivity index (χ0n) is 11.0. The molecule has 1 aliphatic rings. The topological polar surface area (TPSA) is 59.5 Å². The SMILES string of the molecule is CCOC(=O)C1CSCCN1C(=O)c1ccc(Br)cn1. The van der Waals surface area contributed by atoms with E-state index in [4.69, 9.17) is 4.74 Å². The lowest BCUT2D eigenvalue weighted by Crippen LogP contribution is -2.51. The Morgan fingerprint density at radius 1 is 1.55 bits per heavy atom. The molecule has 1 amide bonds. The Kier molecular flexibility index (Phi) is 5.42. The van der Waals surface area contributed by atoms with Gasteiger partial charge in [0, 0.05) is 28.7 Å². The van der Waals surface area contributed by atoms with Crippen molar-refractivity contribution < 1.29 is 14.3 Å². The highest BCUT2D eigenvalue weighted by molar-refractivity contribution is 9.10. The molecular formula is C13H15BrN2O3S. The number of hydrogen-bond acceptors (Lipinski definition) is 5. The lowest BCUT2D eigenvalue weighted by molar-refractivity contribution is -0.147. The first-order valence-electron chi connectivity index (χ1n) is 6.30. The van der Waals surface area contributed by atoms with Crippen LogP contribution >= 0.6 is 27.7 Å². The first-order valence-corrected chi connectivity index (χ1v) is 8.25. The molecule has 1 saturated heterocycles. The average molecular weight is 359 g/mol. The van der Waals surface area contributed by atoms with Gasteiger partial charge in [0.05, 0.1) is 6.61 Å². The number of rotatable bonds is 3. The van der Waals surface area contributed by atoms with E-state index in [1.807, 2.05) is 0 Å². The number of nitrogens with zero attached hydrogens (tertiary/aromatic N) is 2. The molecule has 0 spiro atoms. The van der Waals surface area contributed by atoms with Gasteiger partial charge in [0.1, 0.15) is 11.7 Å². The maximum Gasteiger partial charge on any atom is 0.329 e. The summed E-state index contributed by atoms with van der Waals surface area (Å²) in [5, 5.41) is 0. The molecule has 0 radical (unpaired) electrons. The van der Waals surface area contributed by atoms with Crippen LogP contribution in [0.3, 0.4) is 0 Å². The third-order valence-corrected chi connectivity index (χ3v) is 4.39. The lowest BCUT2D eigenvalue weighted by atomic mass is 10.2. The second kappa shape index (κ2) is 7.08. The van der Waals surface area contributed by atoms with E-state index in [-0.39, 0.29) is 11.9 Å². The van der Waals surface area contributed by atoms with Gasteiger partial charge in [0.2, 0.25) is 0 Å². The number of carbonyl (C=O) groups is 2. The second-order valence-electron chi connectivity index (χ2n) is 4.20. The Hall–Kier alpha value is -1.08. The Morgan fingerprint density at radius 3 is 3.00 bits per heavy atom. The molecule has 0 N–H and O–H groups in total. The lowest BCUT2D eigenvalue weighted by Gasteiger charge is -2.33. The molecule has 20 heavy (non-hydrogen) atoms. The zero-order chi connectivity index (χ0) is 14.5. The van der Waals surface area contributed by atoms with Crippen molar-refractivity contribution in [1.82, 2.24) is 9.88 Å². The van der Waals surface area contributed by atoms with Gasteiger partial charge in [0.25, 0.3) is 5.91 Å². The van der Waals surface area contributed by atoms with Gasteiger partial charge in [-0.15, -0.1) is 0 Å². The van der Waals surface area contributed by atoms with Crippen LogP contribution in [-0.4, -0.2) is 52.5 Å². The van der Waals surface area contributed by atoms with E-state index in [0.29, 0.717) is 24.6 Å². The van der Waals surface area contributed by atoms with Crippen molar-refractivity contribution in [2.24, 2.45) is 0 Å². The molecule has 0 bridgehead atoms. The van der Waals surface area contributed by atoms with E-state index in [1.54, 1.807) is 41.9 Å². The van der Waals surface area contributed by atoms with Crippen LogP contribution in [0.25, 0.3) is 0 Å². The number of esters is 1. The molecule has 1 aromatic heterocycles. The van der Waals surface area contributed by atoms with Crippen LogP contribution in [0, 0.1) is 0 Å². The summed E-state index contributed by atoms with van der Waals surface area (Å²) >= 11 is 4.93. The third kappa shape index (κ3) is 3.52. The average Bonchev–Trinajstić information content (AvgIpc) is 2.47. The molecule has 0 aliphatic carbocycles. The number of pyridine rings is 1. The van der Waals surface area contributed by atoms with Crippen LogP contribution in [0.2, 0.25) is 0 Å². The Balaban J connectivity index is 2.16. The molecule has 2 heterocycles. The predicted octanol–water partition coefficient (Wildman–Crippen LogP) is 1.96. The van der Waals surface area contributed by atoms with Crippen LogP contribution in [0.4, 0.5) is 0 Å². The van der Waals surface area contributed by atoms with Crippen molar-refractivity contribution in [2.75, 3.05) is 24.7 Å². The minimum Gasteiger partial charge on any atom is -0.464 e. The minimum absolute atomic E-state index is 0.226. The summed E-state index contributed by atoms with van der Waals surface area (Å²) < 4.78 is 5.85. The standard InChI is InChI=1S/C13H15BrN2O3S/c1-2-19-13(18)11-8-20-6-5-16(11)12(17)10-4-3-9(14)7-15-10/h3-4,7,11H,2,5-6,8H2,1H3. The number of hydrogen-bond donors (Lipinski definition) is 0. The Labute approximate surface area is 130 Å². The summed E-state index contributed by atoms with van der Waals surface area (Å²) in [6.07, 6.45) is 1.57. The van der Waals surface area contributed by atoms with Crippen molar-refractivity contribution >= 4 is 39.6 Å². The Morgan fingerprint density at radius 2 is 2.35 bits per heavy atom. The summed E-state index contributed by atoms with van der Waals surface area (Å²) in [5.41, 5.74) is 0.342. The van der Waals surface area contributed by atoms with E-state index in [2.05, 4.69) is 20.9 Å². The fourth-order valence-electron chi connectivity index (χ4n) is 1.93. The maximum atomic E-state index is 12.5. The quantitative estimate of drug-likeness (QED) is 0.773. The molecule has 1 aromatic rings. The summed E-state index contributed by atoms with van der Waals surface area (Å²) in [7, 11) is 0. The van der Waals surface area contributed by atoms with E-state index >= 15 is 0 Å². The molecule has 0 saturated carbocycles. The van der Waals surface area contributed by atoms with E-state index in [9.17, 15) is 9.59 Å². The van der Waals surface area contributed by atoms with Crippen LogP contribution in [0.1, 0.15) is 17.4 Å². The van der Waals surface area contributed by atoms with Gasteiger partial charge in [-0.3, -0.25) is 4.79 Å².